The van der Waals surface area contributed by atoms with Gasteiger partial charge in [0.1, 0.15) is 6.04 Å². The van der Waals surface area contributed by atoms with E-state index in [0.29, 0.717) is 18.4 Å². The highest BCUT2D eigenvalue weighted by molar-refractivity contribution is 7.89. The van der Waals surface area contributed by atoms with Gasteiger partial charge >= 0.3 is 5.97 Å². The second-order valence-electron chi connectivity index (χ2n) is 5.00. The van der Waals surface area contributed by atoms with Crippen LogP contribution in [-0.2, 0) is 19.6 Å². The molecule has 0 spiro atoms. The third-order valence-electron chi connectivity index (χ3n) is 3.66. The zero-order valence-corrected chi connectivity index (χ0v) is 13.0. The van der Waals surface area contributed by atoms with E-state index in [2.05, 4.69) is 4.74 Å². The van der Waals surface area contributed by atoms with Crippen molar-refractivity contribution in [3.8, 4) is 0 Å². The normalized spacial score (nSPS) is 19.1. The predicted molar refractivity (Wildman–Crippen MR) is 76.8 cm³/mol. The van der Waals surface area contributed by atoms with Gasteiger partial charge in [-0.15, -0.1) is 0 Å². The van der Waals surface area contributed by atoms with Crippen molar-refractivity contribution in [2.24, 2.45) is 0 Å². The molecule has 0 aromatic heterocycles. The van der Waals surface area contributed by atoms with Crippen LogP contribution >= 0.6 is 0 Å². The van der Waals surface area contributed by atoms with Gasteiger partial charge in [-0.25, -0.2) is 8.42 Å². The molecular formula is C13H16N2O6S. The summed E-state index contributed by atoms with van der Waals surface area (Å²) in [7, 11) is -2.79. The highest BCUT2D eigenvalue weighted by atomic mass is 32.2. The number of ether oxygens (including phenoxy) is 1. The van der Waals surface area contributed by atoms with Crippen LogP contribution in [0.2, 0.25) is 0 Å². The van der Waals surface area contributed by atoms with Crippen molar-refractivity contribution >= 4 is 21.7 Å². The minimum atomic E-state index is -3.99. The summed E-state index contributed by atoms with van der Waals surface area (Å²) < 4.78 is 31.0. The van der Waals surface area contributed by atoms with Crippen LogP contribution in [-0.4, -0.2) is 43.3 Å². The van der Waals surface area contributed by atoms with E-state index < -0.39 is 27.0 Å². The van der Waals surface area contributed by atoms with E-state index >= 15 is 0 Å². The molecule has 0 unspecified atom stereocenters. The molecule has 0 N–H and O–H groups in total. The highest BCUT2D eigenvalue weighted by Crippen LogP contribution is 2.29. The van der Waals surface area contributed by atoms with E-state index in [4.69, 9.17) is 0 Å². The fourth-order valence-corrected chi connectivity index (χ4v) is 4.15. The SMILES string of the molecule is COC(=O)[C@@H]1CCCN1S(=O)(=O)c1ccc(C)c([N+](=O)[O-])c1. The van der Waals surface area contributed by atoms with Crippen LogP contribution < -0.4 is 0 Å². The number of nitrogens with zero attached hydrogens (tertiary/aromatic N) is 2. The Balaban J connectivity index is 2.44. The fourth-order valence-electron chi connectivity index (χ4n) is 2.48. The van der Waals surface area contributed by atoms with Crippen molar-refractivity contribution in [1.82, 2.24) is 4.31 Å². The van der Waals surface area contributed by atoms with Crippen LogP contribution in [0.1, 0.15) is 18.4 Å². The van der Waals surface area contributed by atoms with Crippen LogP contribution in [0.15, 0.2) is 23.1 Å². The molecule has 9 heteroatoms. The topological polar surface area (TPSA) is 107 Å². The summed E-state index contributed by atoms with van der Waals surface area (Å²) in [5.41, 5.74) is 0.102. The Hall–Kier alpha value is -2.00. The first-order valence-electron chi connectivity index (χ1n) is 6.63. The maximum absolute atomic E-state index is 12.6. The molecule has 8 nitrogen and oxygen atoms in total. The molecule has 22 heavy (non-hydrogen) atoms. The van der Waals surface area contributed by atoms with E-state index in [1.54, 1.807) is 0 Å². The van der Waals surface area contributed by atoms with Gasteiger partial charge in [0.05, 0.1) is 16.9 Å². The minimum absolute atomic E-state index is 0.184. The standard InChI is InChI=1S/C13H16N2O6S/c1-9-5-6-10(8-12(9)15(17)18)22(19,20)14-7-3-4-11(14)13(16)21-2/h5-6,8,11H,3-4,7H2,1-2H3/t11-/m0/s1. The lowest BCUT2D eigenvalue weighted by atomic mass is 10.2. The minimum Gasteiger partial charge on any atom is -0.468 e. The van der Waals surface area contributed by atoms with Crippen LogP contribution in [0.5, 0.6) is 0 Å². The molecule has 1 aliphatic rings. The van der Waals surface area contributed by atoms with Crippen LogP contribution in [0.4, 0.5) is 5.69 Å². The van der Waals surface area contributed by atoms with Gasteiger partial charge in [0.2, 0.25) is 10.0 Å². The molecule has 0 radical (unpaired) electrons. The Bertz CT molecular complexity index is 715. The number of sulfonamides is 1. The van der Waals surface area contributed by atoms with Gasteiger partial charge in [-0.1, -0.05) is 6.07 Å². The van der Waals surface area contributed by atoms with Crippen molar-refractivity contribution in [2.45, 2.75) is 30.7 Å². The smallest absolute Gasteiger partial charge is 0.324 e. The Labute approximate surface area is 127 Å². The quantitative estimate of drug-likeness (QED) is 0.467. The van der Waals surface area contributed by atoms with E-state index in [0.717, 1.165) is 10.4 Å². The second-order valence-corrected chi connectivity index (χ2v) is 6.89. The summed E-state index contributed by atoms with van der Waals surface area (Å²) in [4.78, 5) is 21.8. The van der Waals surface area contributed by atoms with E-state index in [1.165, 1.54) is 26.2 Å². The Kier molecular flexibility index (Phi) is 4.47. The number of hydrogen-bond donors (Lipinski definition) is 0. The lowest BCUT2D eigenvalue weighted by molar-refractivity contribution is -0.385. The Morgan fingerprint density at radius 3 is 2.73 bits per heavy atom. The number of hydrogen-bond acceptors (Lipinski definition) is 6. The van der Waals surface area contributed by atoms with E-state index in [1.807, 2.05) is 0 Å². The number of nitro benzene ring substituents is 1. The number of benzene rings is 1. The van der Waals surface area contributed by atoms with Gasteiger partial charge < -0.3 is 4.74 Å². The summed E-state index contributed by atoms with van der Waals surface area (Å²) in [6.45, 7) is 1.71. The molecule has 1 atom stereocenters. The molecule has 2 rings (SSSR count). The number of aryl methyl sites for hydroxylation is 1. The summed E-state index contributed by atoms with van der Waals surface area (Å²) in [5, 5.41) is 11.0. The number of carbonyl (C=O) groups is 1. The molecule has 1 fully saturated rings. The van der Waals surface area contributed by atoms with Gasteiger partial charge in [-0.05, 0) is 25.8 Å². The summed E-state index contributed by atoms with van der Waals surface area (Å²) in [6, 6.07) is 2.84. The van der Waals surface area contributed by atoms with Crippen LogP contribution in [0, 0.1) is 17.0 Å². The first kappa shape index (κ1) is 16.4. The third-order valence-corrected chi connectivity index (χ3v) is 5.57. The predicted octanol–water partition coefficient (Wildman–Crippen LogP) is 1.23. The van der Waals surface area contributed by atoms with Crippen molar-refractivity contribution in [1.29, 1.82) is 0 Å². The van der Waals surface area contributed by atoms with E-state index in [9.17, 15) is 23.3 Å². The largest absolute Gasteiger partial charge is 0.468 e. The molecule has 1 aromatic rings. The van der Waals surface area contributed by atoms with Gasteiger partial charge in [-0.3, -0.25) is 14.9 Å². The number of methoxy groups -OCH3 is 1. The molecule has 1 saturated heterocycles. The molecule has 120 valence electrons. The second kappa shape index (κ2) is 6.01. The average Bonchev–Trinajstić information content (AvgIpc) is 2.96. The molecule has 0 bridgehead atoms. The molecule has 1 aromatic carbocycles. The molecule has 0 amide bonds. The number of carbonyl (C=O) groups excluding carboxylic acids is 1. The molecular weight excluding hydrogens is 312 g/mol. The fraction of sp³-hybridized carbons (Fsp3) is 0.462. The molecule has 0 saturated carbocycles. The first-order chi connectivity index (χ1) is 10.3. The lowest BCUT2D eigenvalue weighted by Gasteiger charge is -2.22. The van der Waals surface area contributed by atoms with Crippen molar-refractivity contribution in [2.75, 3.05) is 13.7 Å². The molecule has 1 heterocycles. The van der Waals surface area contributed by atoms with Gasteiger partial charge in [0, 0.05) is 18.2 Å². The molecule has 0 aliphatic carbocycles. The van der Waals surface area contributed by atoms with Crippen molar-refractivity contribution in [3.63, 3.8) is 0 Å². The van der Waals surface area contributed by atoms with Crippen molar-refractivity contribution < 1.29 is 22.9 Å². The third kappa shape index (κ3) is 2.81. The maximum Gasteiger partial charge on any atom is 0.324 e. The van der Waals surface area contributed by atoms with Gasteiger partial charge in [0.25, 0.3) is 5.69 Å². The highest BCUT2D eigenvalue weighted by Gasteiger charge is 2.40. The first-order valence-corrected chi connectivity index (χ1v) is 8.07. The molecule has 1 aliphatic heterocycles. The van der Waals surface area contributed by atoms with Crippen LogP contribution in [0.25, 0.3) is 0 Å². The summed E-state index contributed by atoms with van der Waals surface area (Å²) >= 11 is 0. The Morgan fingerprint density at radius 2 is 2.14 bits per heavy atom. The van der Waals surface area contributed by atoms with E-state index in [-0.39, 0.29) is 17.1 Å². The average molecular weight is 328 g/mol. The number of esters is 1. The zero-order chi connectivity index (χ0) is 16.5. The van der Waals surface area contributed by atoms with Crippen LogP contribution in [0.3, 0.4) is 0 Å². The van der Waals surface area contributed by atoms with Crippen molar-refractivity contribution in [3.05, 3.63) is 33.9 Å². The number of nitro groups is 1. The monoisotopic (exact) mass is 328 g/mol. The summed E-state index contributed by atoms with van der Waals surface area (Å²) in [6.07, 6.45) is 0.910. The number of rotatable bonds is 4. The maximum atomic E-state index is 12.6. The summed E-state index contributed by atoms with van der Waals surface area (Å²) in [5.74, 6) is -0.623. The van der Waals surface area contributed by atoms with Gasteiger partial charge in [-0.2, -0.15) is 4.31 Å². The zero-order valence-electron chi connectivity index (χ0n) is 12.2. The lowest BCUT2D eigenvalue weighted by Crippen LogP contribution is -2.41. The Morgan fingerprint density at radius 1 is 1.45 bits per heavy atom. The van der Waals surface area contributed by atoms with Gasteiger partial charge in [0.15, 0.2) is 0 Å².